The Hall–Kier alpha value is -1.16. The molecule has 0 saturated carbocycles. The molecule has 1 unspecified atom stereocenters. The van der Waals surface area contributed by atoms with E-state index in [1.165, 1.54) is 24.0 Å². The Morgan fingerprint density at radius 3 is 2.43 bits per heavy atom. The van der Waals surface area contributed by atoms with Gasteiger partial charge >= 0.3 is 0 Å². The van der Waals surface area contributed by atoms with Gasteiger partial charge in [-0.15, -0.1) is 12.4 Å². The summed E-state index contributed by atoms with van der Waals surface area (Å²) < 4.78 is 27.9. The van der Waals surface area contributed by atoms with Crippen molar-refractivity contribution >= 4 is 28.3 Å². The summed E-state index contributed by atoms with van der Waals surface area (Å²) in [5, 5.41) is 6.50. The molecule has 0 spiro atoms. The molecular weight excluding hydrogens is 342 g/mol. The van der Waals surface area contributed by atoms with Crippen LogP contribution < -0.4 is 15.8 Å². The number of aromatic nitrogens is 2. The summed E-state index contributed by atoms with van der Waals surface area (Å²) in [5.74, 6) is -0.413. The van der Waals surface area contributed by atoms with Crippen molar-refractivity contribution in [3.63, 3.8) is 0 Å². The molecule has 0 aliphatic rings. The van der Waals surface area contributed by atoms with Crippen LogP contribution in [0.1, 0.15) is 33.6 Å². The minimum Gasteiger partial charge on any atom is -0.353 e. The van der Waals surface area contributed by atoms with Crippen LogP contribution in [-0.4, -0.2) is 42.2 Å². The van der Waals surface area contributed by atoms with Crippen molar-refractivity contribution in [2.45, 2.75) is 50.1 Å². The summed E-state index contributed by atoms with van der Waals surface area (Å²) in [5.41, 5.74) is 5.63. The molecular formula is C13H26ClN5O3S. The smallest absolute Gasteiger partial charge is 0.244 e. The summed E-state index contributed by atoms with van der Waals surface area (Å²) >= 11 is 0. The van der Waals surface area contributed by atoms with E-state index in [4.69, 9.17) is 5.73 Å². The SMILES string of the molecule is CCC(N)(CC)CNC(=O)C(C)NS(=O)(=O)c1cnn(C)c1.Cl. The number of halogens is 1. The lowest BCUT2D eigenvalue weighted by molar-refractivity contribution is -0.122. The second-order valence-electron chi connectivity index (χ2n) is 5.48. The molecule has 23 heavy (non-hydrogen) atoms. The van der Waals surface area contributed by atoms with Gasteiger partial charge in [0, 0.05) is 25.3 Å². The number of nitrogens with zero attached hydrogens (tertiary/aromatic N) is 2. The monoisotopic (exact) mass is 367 g/mol. The minimum atomic E-state index is -3.77. The average Bonchev–Trinajstić information content (AvgIpc) is 2.91. The highest BCUT2D eigenvalue weighted by molar-refractivity contribution is 7.89. The first-order chi connectivity index (χ1) is 10.1. The highest BCUT2D eigenvalue weighted by atomic mass is 35.5. The standard InChI is InChI=1S/C13H25N5O3S.ClH/c1-5-13(14,6-2)9-15-12(19)10(3)17-22(20,21)11-7-16-18(4)8-11;/h7-8,10,17H,5-6,9,14H2,1-4H3,(H,15,19);1H. The van der Waals surface area contributed by atoms with Gasteiger partial charge in [-0.2, -0.15) is 9.82 Å². The van der Waals surface area contributed by atoms with Crippen molar-refractivity contribution in [1.82, 2.24) is 19.8 Å². The van der Waals surface area contributed by atoms with Gasteiger partial charge in [-0.3, -0.25) is 9.48 Å². The van der Waals surface area contributed by atoms with E-state index in [2.05, 4.69) is 15.1 Å². The Morgan fingerprint density at radius 1 is 1.43 bits per heavy atom. The van der Waals surface area contributed by atoms with Crippen molar-refractivity contribution in [2.24, 2.45) is 12.8 Å². The van der Waals surface area contributed by atoms with E-state index in [0.29, 0.717) is 6.54 Å². The Labute approximate surface area is 143 Å². The molecule has 10 heteroatoms. The van der Waals surface area contributed by atoms with Crippen LogP contribution in [0.2, 0.25) is 0 Å². The number of nitrogens with two attached hydrogens (primary N) is 1. The topological polar surface area (TPSA) is 119 Å². The highest BCUT2D eigenvalue weighted by Gasteiger charge is 2.26. The van der Waals surface area contributed by atoms with Crippen molar-refractivity contribution < 1.29 is 13.2 Å². The van der Waals surface area contributed by atoms with E-state index in [1.807, 2.05) is 13.8 Å². The van der Waals surface area contributed by atoms with Crippen LogP contribution in [0.3, 0.4) is 0 Å². The Balaban J connectivity index is 0.00000484. The maximum absolute atomic E-state index is 12.1. The second-order valence-corrected chi connectivity index (χ2v) is 7.19. The van der Waals surface area contributed by atoms with Gasteiger partial charge in [0.25, 0.3) is 0 Å². The van der Waals surface area contributed by atoms with Crippen LogP contribution in [0.5, 0.6) is 0 Å². The molecule has 1 aromatic heterocycles. The van der Waals surface area contributed by atoms with Crippen LogP contribution in [0.15, 0.2) is 17.3 Å². The predicted octanol–water partition coefficient (Wildman–Crippen LogP) is 0.142. The second kappa shape index (κ2) is 8.62. The molecule has 8 nitrogen and oxygen atoms in total. The molecule has 1 atom stereocenters. The van der Waals surface area contributed by atoms with E-state index in [9.17, 15) is 13.2 Å². The molecule has 0 bridgehead atoms. The van der Waals surface area contributed by atoms with Gasteiger partial charge in [-0.1, -0.05) is 13.8 Å². The van der Waals surface area contributed by atoms with Crippen molar-refractivity contribution in [1.29, 1.82) is 0 Å². The number of rotatable bonds is 8. The number of amides is 1. The molecule has 1 heterocycles. The Kier molecular flexibility index (Phi) is 8.19. The molecule has 0 aliphatic heterocycles. The third-order valence-corrected chi connectivity index (χ3v) is 5.23. The van der Waals surface area contributed by atoms with E-state index in [-0.39, 0.29) is 17.3 Å². The van der Waals surface area contributed by atoms with Gasteiger partial charge < -0.3 is 11.1 Å². The molecule has 1 amide bonds. The fourth-order valence-electron chi connectivity index (χ4n) is 1.81. The predicted molar refractivity (Wildman–Crippen MR) is 90.7 cm³/mol. The quantitative estimate of drug-likeness (QED) is 0.604. The molecule has 4 N–H and O–H groups in total. The fourth-order valence-corrected chi connectivity index (χ4v) is 2.99. The largest absolute Gasteiger partial charge is 0.353 e. The Morgan fingerprint density at radius 2 is 2.00 bits per heavy atom. The first kappa shape index (κ1) is 21.8. The summed E-state index contributed by atoms with van der Waals surface area (Å²) in [7, 11) is -2.16. The molecule has 0 fully saturated rings. The third-order valence-electron chi connectivity index (χ3n) is 3.74. The maximum atomic E-state index is 12.1. The third kappa shape index (κ3) is 6.09. The summed E-state index contributed by atoms with van der Waals surface area (Å²) in [6, 6.07) is -0.900. The highest BCUT2D eigenvalue weighted by Crippen LogP contribution is 2.10. The fraction of sp³-hybridized carbons (Fsp3) is 0.692. The van der Waals surface area contributed by atoms with E-state index >= 15 is 0 Å². The number of hydrogen-bond donors (Lipinski definition) is 3. The summed E-state index contributed by atoms with van der Waals surface area (Å²) in [6.07, 6.45) is 4.04. The van der Waals surface area contributed by atoms with Crippen LogP contribution >= 0.6 is 12.4 Å². The lowest BCUT2D eigenvalue weighted by Gasteiger charge is -2.27. The molecule has 1 rings (SSSR count). The zero-order chi connectivity index (χ0) is 17.0. The molecule has 0 saturated heterocycles. The number of nitrogens with one attached hydrogen (secondary N) is 2. The first-order valence-electron chi connectivity index (χ1n) is 7.21. The normalized spacial score (nSPS) is 13.3. The van der Waals surface area contributed by atoms with Crippen molar-refractivity contribution in [2.75, 3.05) is 6.54 Å². The van der Waals surface area contributed by atoms with Gasteiger partial charge in [0.05, 0.1) is 12.2 Å². The van der Waals surface area contributed by atoms with Crippen LogP contribution in [0, 0.1) is 0 Å². The lowest BCUT2D eigenvalue weighted by Crippen LogP contribution is -2.53. The van der Waals surface area contributed by atoms with E-state index in [0.717, 1.165) is 12.8 Å². The Bertz CT molecular complexity index is 613. The summed E-state index contributed by atoms with van der Waals surface area (Å²) in [6.45, 7) is 5.69. The van der Waals surface area contributed by atoms with Crippen molar-refractivity contribution in [3.05, 3.63) is 12.4 Å². The average molecular weight is 368 g/mol. The first-order valence-corrected chi connectivity index (χ1v) is 8.69. The maximum Gasteiger partial charge on any atom is 0.244 e. The number of sulfonamides is 1. The zero-order valence-electron chi connectivity index (χ0n) is 13.9. The van der Waals surface area contributed by atoms with Crippen LogP contribution in [-0.2, 0) is 21.9 Å². The van der Waals surface area contributed by atoms with Crippen LogP contribution in [0.4, 0.5) is 0 Å². The van der Waals surface area contributed by atoms with Gasteiger partial charge in [-0.25, -0.2) is 8.42 Å². The lowest BCUT2D eigenvalue weighted by atomic mass is 9.94. The number of carbonyl (C=O) groups is 1. The van der Waals surface area contributed by atoms with Crippen LogP contribution in [0.25, 0.3) is 0 Å². The van der Waals surface area contributed by atoms with E-state index in [1.54, 1.807) is 7.05 Å². The van der Waals surface area contributed by atoms with Gasteiger partial charge in [0.2, 0.25) is 15.9 Å². The van der Waals surface area contributed by atoms with E-state index < -0.39 is 27.5 Å². The van der Waals surface area contributed by atoms with Gasteiger partial charge in [0.15, 0.2) is 0 Å². The summed E-state index contributed by atoms with van der Waals surface area (Å²) in [4.78, 5) is 12.0. The zero-order valence-corrected chi connectivity index (χ0v) is 15.5. The number of aryl methyl sites for hydroxylation is 1. The van der Waals surface area contributed by atoms with Gasteiger partial charge in [0.1, 0.15) is 4.90 Å². The minimum absolute atomic E-state index is 0. The molecule has 0 radical (unpaired) electrons. The molecule has 134 valence electrons. The molecule has 0 aliphatic carbocycles. The number of carbonyl (C=O) groups excluding carboxylic acids is 1. The van der Waals surface area contributed by atoms with Crippen molar-refractivity contribution in [3.8, 4) is 0 Å². The molecule has 0 aromatic carbocycles. The number of hydrogen-bond acceptors (Lipinski definition) is 5. The molecule has 1 aromatic rings. The van der Waals surface area contributed by atoms with Gasteiger partial charge in [-0.05, 0) is 19.8 Å².